The van der Waals surface area contributed by atoms with Crippen molar-refractivity contribution in [3.05, 3.63) is 35.4 Å². The van der Waals surface area contributed by atoms with Gasteiger partial charge in [0.05, 0.1) is 5.75 Å². The van der Waals surface area contributed by atoms with Gasteiger partial charge in [-0.05, 0) is 29.4 Å². The Morgan fingerprint density at radius 2 is 1.67 bits per heavy atom. The first-order valence-corrected chi connectivity index (χ1v) is 9.40. The van der Waals surface area contributed by atoms with E-state index in [0.717, 1.165) is 5.56 Å². The molecule has 2 atom stereocenters. The molecule has 0 aliphatic rings. The van der Waals surface area contributed by atoms with Gasteiger partial charge in [-0.2, -0.15) is 0 Å². The van der Waals surface area contributed by atoms with E-state index in [9.17, 15) is 8.42 Å². The van der Waals surface area contributed by atoms with Crippen molar-refractivity contribution in [2.45, 2.75) is 46.1 Å². The fourth-order valence-electron chi connectivity index (χ4n) is 2.08. The summed E-state index contributed by atoms with van der Waals surface area (Å²) in [5.41, 5.74) is 2.29. The third kappa shape index (κ3) is 5.97. The predicted molar refractivity (Wildman–Crippen MR) is 90.4 cm³/mol. The summed E-state index contributed by atoms with van der Waals surface area (Å²) >= 11 is 5.68. The second kappa shape index (κ2) is 7.12. The van der Waals surface area contributed by atoms with Gasteiger partial charge in [-0.25, -0.2) is 13.1 Å². The van der Waals surface area contributed by atoms with E-state index in [1.807, 2.05) is 26.0 Å². The summed E-state index contributed by atoms with van der Waals surface area (Å²) in [6.45, 7) is 10.1. The average molecular weight is 332 g/mol. The van der Waals surface area contributed by atoms with Gasteiger partial charge in [-0.15, -0.1) is 11.6 Å². The molecule has 2 unspecified atom stereocenters. The topological polar surface area (TPSA) is 46.2 Å². The van der Waals surface area contributed by atoms with Crippen LogP contribution in [0.4, 0.5) is 0 Å². The summed E-state index contributed by atoms with van der Waals surface area (Å²) in [6, 6.07) is 7.84. The summed E-state index contributed by atoms with van der Waals surface area (Å²) in [4.78, 5) is 0. The van der Waals surface area contributed by atoms with E-state index in [4.69, 9.17) is 11.6 Å². The second-order valence-corrected chi connectivity index (χ2v) is 8.86. The Balaban J connectivity index is 2.78. The van der Waals surface area contributed by atoms with Gasteiger partial charge in [0, 0.05) is 11.9 Å². The van der Waals surface area contributed by atoms with Gasteiger partial charge in [0.25, 0.3) is 0 Å². The van der Waals surface area contributed by atoms with Crippen LogP contribution in [0.3, 0.4) is 0 Å². The van der Waals surface area contributed by atoms with Crippen molar-refractivity contribution in [3.8, 4) is 0 Å². The minimum absolute atomic E-state index is 0.0559. The first-order valence-electron chi connectivity index (χ1n) is 7.21. The minimum Gasteiger partial charge on any atom is -0.212 e. The van der Waals surface area contributed by atoms with Crippen molar-refractivity contribution in [1.29, 1.82) is 0 Å². The number of nitrogens with one attached hydrogen (secondary N) is 1. The Morgan fingerprint density at radius 1 is 1.14 bits per heavy atom. The first-order chi connectivity index (χ1) is 9.55. The van der Waals surface area contributed by atoms with Crippen LogP contribution in [0.15, 0.2) is 24.3 Å². The zero-order valence-corrected chi connectivity index (χ0v) is 15.1. The molecule has 120 valence electrons. The quantitative estimate of drug-likeness (QED) is 0.805. The van der Waals surface area contributed by atoms with E-state index >= 15 is 0 Å². The number of hydrogen-bond acceptors (Lipinski definition) is 2. The van der Waals surface area contributed by atoms with Crippen molar-refractivity contribution in [3.63, 3.8) is 0 Å². The lowest BCUT2D eigenvalue weighted by Gasteiger charge is -2.21. The lowest BCUT2D eigenvalue weighted by atomic mass is 9.86. The van der Waals surface area contributed by atoms with Gasteiger partial charge in [0.1, 0.15) is 0 Å². The monoisotopic (exact) mass is 331 g/mol. The molecule has 0 bridgehead atoms. The number of rotatable bonds is 6. The summed E-state index contributed by atoms with van der Waals surface area (Å²) in [7, 11) is -3.31. The van der Waals surface area contributed by atoms with Crippen LogP contribution >= 0.6 is 11.6 Å². The van der Waals surface area contributed by atoms with E-state index in [1.54, 1.807) is 0 Å². The van der Waals surface area contributed by atoms with Gasteiger partial charge < -0.3 is 0 Å². The molecule has 5 heteroatoms. The standard InChI is InChI=1S/C16H26ClNO2S/c1-12(10-17)11-21(19,20)18-13(2)14-6-8-15(9-7-14)16(3,4)5/h6-9,12-13,18H,10-11H2,1-5H3. The number of alkyl halides is 1. The van der Waals surface area contributed by atoms with Crippen molar-refractivity contribution in [2.75, 3.05) is 11.6 Å². The van der Waals surface area contributed by atoms with Crippen LogP contribution in [-0.2, 0) is 15.4 Å². The largest absolute Gasteiger partial charge is 0.212 e. The summed E-state index contributed by atoms with van der Waals surface area (Å²) in [5, 5.41) is 0. The van der Waals surface area contributed by atoms with Gasteiger partial charge in [0.2, 0.25) is 10.0 Å². The van der Waals surface area contributed by atoms with Crippen LogP contribution in [0.25, 0.3) is 0 Å². The maximum atomic E-state index is 12.0. The number of hydrogen-bond donors (Lipinski definition) is 1. The van der Waals surface area contributed by atoms with Crippen LogP contribution in [0.1, 0.15) is 51.8 Å². The van der Waals surface area contributed by atoms with Crippen molar-refractivity contribution in [1.82, 2.24) is 4.72 Å². The molecule has 0 aromatic heterocycles. The fourth-order valence-corrected chi connectivity index (χ4v) is 3.95. The molecule has 0 fully saturated rings. The third-order valence-corrected chi connectivity index (χ3v) is 5.65. The molecular formula is C16H26ClNO2S. The van der Waals surface area contributed by atoms with Crippen LogP contribution in [-0.4, -0.2) is 20.1 Å². The molecular weight excluding hydrogens is 306 g/mol. The van der Waals surface area contributed by atoms with Crippen LogP contribution in [0.5, 0.6) is 0 Å². The predicted octanol–water partition coefficient (Wildman–Crippen LogP) is 3.84. The lowest BCUT2D eigenvalue weighted by Crippen LogP contribution is -2.31. The fraction of sp³-hybridized carbons (Fsp3) is 0.625. The van der Waals surface area contributed by atoms with Crippen LogP contribution < -0.4 is 4.72 Å². The number of sulfonamides is 1. The summed E-state index contributed by atoms with van der Waals surface area (Å²) in [5.74, 6) is 0.343. The molecule has 0 aliphatic carbocycles. The van der Waals surface area contributed by atoms with Gasteiger partial charge in [-0.3, -0.25) is 0 Å². The highest BCUT2D eigenvalue weighted by atomic mass is 35.5. The van der Waals surface area contributed by atoms with E-state index < -0.39 is 10.0 Å². The zero-order valence-electron chi connectivity index (χ0n) is 13.5. The highest BCUT2D eigenvalue weighted by Crippen LogP contribution is 2.24. The second-order valence-electron chi connectivity index (χ2n) is 6.75. The Kier molecular flexibility index (Phi) is 6.26. The molecule has 0 saturated heterocycles. The summed E-state index contributed by atoms with van der Waals surface area (Å²) < 4.78 is 26.8. The molecule has 0 radical (unpaired) electrons. The van der Waals surface area contributed by atoms with Crippen molar-refractivity contribution in [2.24, 2.45) is 5.92 Å². The molecule has 1 rings (SSSR count). The van der Waals surface area contributed by atoms with Crippen molar-refractivity contribution >= 4 is 21.6 Å². The van der Waals surface area contributed by atoms with E-state index in [2.05, 4.69) is 37.6 Å². The maximum Gasteiger partial charge on any atom is 0.212 e. The average Bonchev–Trinajstić information content (AvgIpc) is 2.36. The molecule has 0 spiro atoms. The molecule has 1 aromatic carbocycles. The third-order valence-electron chi connectivity index (χ3n) is 3.40. The highest BCUT2D eigenvalue weighted by Gasteiger charge is 2.19. The lowest BCUT2D eigenvalue weighted by molar-refractivity contribution is 0.554. The van der Waals surface area contributed by atoms with Gasteiger partial charge in [0.15, 0.2) is 0 Å². The number of halogens is 1. The van der Waals surface area contributed by atoms with Crippen molar-refractivity contribution < 1.29 is 8.42 Å². The van der Waals surface area contributed by atoms with Crippen LogP contribution in [0.2, 0.25) is 0 Å². The van der Waals surface area contributed by atoms with Crippen LogP contribution in [0, 0.1) is 5.92 Å². The van der Waals surface area contributed by atoms with E-state index in [0.29, 0.717) is 5.88 Å². The Morgan fingerprint density at radius 3 is 2.10 bits per heavy atom. The SMILES string of the molecule is CC(CCl)CS(=O)(=O)NC(C)c1ccc(C(C)(C)C)cc1. The molecule has 0 aliphatic heterocycles. The minimum atomic E-state index is -3.31. The normalized spacial score (nSPS) is 15.7. The first kappa shape index (κ1) is 18.5. The highest BCUT2D eigenvalue weighted by molar-refractivity contribution is 7.89. The zero-order chi connectivity index (χ0) is 16.3. The molecule has 1 aromatic rings. The number of benzene rings is 1. The Bertz CT molecular complexity index is 547. The molecule has 0 saturated carbocycles. The maximum absolute atomic E-state index is 12.0. The Labute approximate surface area is 134 Å². The Hall–Kier alpha value is -0.580. The van der Waals surface area contributed by atoms with Gasteiger partial charge >= 0.3 is 0 Å². The summed E-state index contributed by atoms with van der Waals surface area (Å²) in [6.07, 6.45) is 0. The molecule has 0 amide bonds. The van der Waals surface area contributed by atoms with Gasteiger partial charge in [-0.1, -0.05) is 52.0 Å². The van der Waals surface area contributed by atoms with E-state index in [-0.39, 0.29) is 23.1 Å². The van der Waals surface area contributed by atoms with E-state index in [1.165, 1.54) is 5.56 Å². The molecule has 1 N–H and O–H groups in total. The molecule has 3 nitrogen and oxygen atoms in total. The molecule has 21 heavy (non-hydrogen) atoms. The smallest absolute Gasteiger partial charge is 0.212 e. The molecule has 0 heterocycles.